The predicted octanol–water partition coefficient (Wildman–Crippen LogP) is 3.29. The van der Waals surface area contributed by atoms with Crippen molar-refractivity contribution >= 4 is 23.5 Å². The first-order valence-electron chi connectivity index (χ1n) is 10.7. The van der Waals surface area contributed by atoms with E-state index in [-0.39, 0.29) is 12.6 Å². The molecular weight excluding hydrogens is 412 g/mol. The average Bonchev–Trinajstić information content (AvgIpc) is 3.25. The van der Waals surface area contributed by atoms with Gasteiger partial charge in [0.05, 0.1) is 12.6 Å². The fourth-order valence-corrected chi connectivity index (χ4v) is 4.51. The molecule has 2 heterocycles. The fraction of sp³-hybridized carbons (Fsp3) is 0.391. The zero-order chi connectivity index (χ0) is 21.6. The van der Waals surface area contributed by atoms with Gasteiger partial charge in [-0.05, 0) is 42.5 Å². The molecule has 1 aliphatic rings. The van der Waals surface area contributed by atoms with E-state index in [0.29, 0.717) is 17.9 Å². The molecule has 0 bridgehead atoms. The van der Waals surface area contributed by atoms with Crippen LogP contribution in [-0.2, 0) is 6.42 Å². The van der Waals surface area contributed by atoms with E-state index in [1.165, 1.54) is 5.56 Å². The summed E-state index contributed by atoms with van der Waals surface area (Å²) >= 11 is 6.05. The summed E-state index contributed by atoms with van der Waals surface area (Å²) in [7, 11) is 0. The molecule has 1 fully saturated rings. The van der Waals surface area contributed by atoms with Crippen LogP contribution in [0.1, 0.15) is 30.0 Å². The van der Waals surface area contributed by atoms with E-state index in [1.54, 1.807) is 0 Å². The third-order valence-electron chi connectivity index (χ3n) is 6.04. The zero-order valence-corrected chi connectivity index (χ0v) is 18.2. The molecule has 31 heavy (non-hydrogen) atoms. The van der Waals surface area contributed by atoms with Crippen molar-refractivity contribution in [3.05, 3.63) is 70.7 Å². The van der Waals surface area contributed by atoms with Gasteiger partial charge in [0.2, 0.25) is 11.9 Å². The number of benzene rings is 2. The Bertz CT molecular complexity index is 940. The standard InChI is InChI=1S/C23H29ClN6O/c24-19-8-6-17(7-9-19)10-15-30(21(16-31)18-4-2-1-3-5-18)20-11-13-29(14-12-20)23-26-22(25)27-28-23/h1-9,20-21,31H,10-16H2,(H3,25,26,27,28)/t21-/m1/s1. The molecule has 0 radical (unpaired) electrons. The molecule has 1 atom stereocenters. The minimum absolute atomic E-state index is 0.0378. The molecule has 1 aliphatic heterocycles. The summed E-state index contributed by atoms with van der Waals surface area (Å²) in [6, 6.07) is 18.6. The van der Waals surface area contributed by atoms with Crippen molar-refractivity contribution in [1.82, 2.24) is 20.1 Å². The molecule has 0 saturated carbocycles. The Morgan fingerprint density at radius 2 is 1.84 bits per heavy atom. The van der Waals surface area contributed by atoms with E-state index in [0.717, 1.165) is 49.5 Å². The quantitative estimate of drug-likeness (QED) is 0.497. The van der Waals surface area contributed by atoms with Crippen molar-refractivity contribution in [3.8, 4) is 0 Å². The first-order chi connectivity index (χ1) is 15.1. The molecular formula is C23H29ClN6O. The molecule has 0 unspecified atom stereocenters. The predicted molar refractivity (Wildman–Crippen MR) is 124 cm³/mol. The van der Waals surface area contributed by atoms with E-state index in [2.05, 4.69) is 49.2 Å². The normalized spacial score (nSPS) is 16.0. The van der Waals surface area contributed by atoms with Crippen LogP contribution in [0.3, 0.4) is 0 Å². The molecule has 0 amide bonds. The van der Waals surface area contributed by atoms with E-state index in [4.69, 9.17) is 17.3 Å². The number of H-pyrrole nitrogens is 1. The Labute approximate surface area is 187 Å². The van der Waals surface area contributed by atoms with Crippen molar-refractivity contribution < 1.29 is 5.11 Å². The summed E-state index contributed by atoms with van der Waals surface area (Å²) in [5, 5.41) is 18.0. The van der Waals surface area contributed by atoms with Gasteiger partial charge >= 0.3 is 0 Å². The van der Waals surface area contributed by atoms with Crippen LogP contribution >= 0.6 is 11.6 Å². The smallest absolute Gasteiger partial charge is 0.246 e. The Morgan fingerprint density at radius 3 is 2.45 bits per heavy atom. The van der Waals surface area contributed by atoms with Gasteiger partial charge in [0.1, 0.15) is 0 Å². The molecule has 1 aromatic heterocycles. The van der Waals surface area contributed by atoms with Crippen molar-refractivity contribution in [3.63, 3.8) is 0 Å². The lowest BCUT2D eigenvalue weighted by molar-refractivity contribution is 0.0708. The SMILES string of the molecule is Nc1nc(N2CCC(N(CCc3ccc(Cl)cc3)[C@H](CO)c3ccccc3)CC2)n[nH]1. The van der Waals surface area contributed by atoms with Gasteiger partial charge in [0.15, 0.2) is 0 Å². The van der Waals surface area contributed by atoms with Crippen LogP contribution < -0.4 is 10.6 Å². The van der Waals surface area contributed by atoms with Crippen LogP contribution in [0.15, 0.2) is 54.6 Å². The fourth-order valence-electron chi connectivity index (χ4n) is 4.38. The molecule has 8 heteroatoms. The van der Waals surface area contributed by atoms with Crippen LogP contribution in [-0.4, -0.2) is 57.5 Å². The number of aromatic nitrogens is 3. The number of nitrogens with two attached hydrogens (primary N) is 1. The van der Waals surface area contributed by atoms with Gasteiger partial charge in [-0.2, -0.15) is 4.98 Å². The first-order valence-corrected chi connectivity index (χ1v) is 11.1. The number of nitrogens with one attached hydrogen (secondary N) is 1. The van der Waals surface area contributed by atoms with Gasteiger partial charge < -0.3 is 15.7 Å². The highest BCUT2D eigenvalue weighted by Crippen LogP contribution is 2.29. The minimum Gasteiger partial charge on any atom is -0.394 e. The Kier molecular flexibility index (Phi) is 7.06. The number of aliphatic hydroxyl groups is 1. The number of aromatic amines is 1. The molecule has 7 nitrogen and oxygen atoms in total. The second-order valence-electron chi connectivity index (χ2n) is 7.96. The molecule has 1 saturated heterocycles. The van der Waals surface area contributed by atoms with Gasteiger partial charge in [-0.15, -0.1) is 5.10 Å². The molecule has 164 valence electrons. The lowest BCUT2D eigenvalue weighted by atomic mass is 9.97. The molecule has 0 aliphatic carbocycles. The molecule has 0 spiro atoms. The van der Waals surface area contributed by atoms with Crippen LogP contribution in [0.4, 0.5) is 11.9 Å². The molecule has 3 aromatic rings. The van der Waals surface area contributed by atoms with Gasteiger partial charge in [-0.3, -0.25) is 4.90 Å². The van der Waals surface area contributed by atoms with Crippen molar-refractivity contribution in [2.75, 3.05) is 36.9 Å². The highest BCUT2D eigenvalue weighted by molar-refractivity contribution is 6.30. The number of piperidine rings is 1. The number of hydrogen-bond donors (Lipinski definition) is 3. The maximum Gasteiger partial charge on any atom is 0.246 e. The van der Waals surface area contributed by atoms with Crippen molar-refractivity contribution in [2.24, 2.45) is 0 Å². The summed E-state index contributed by atoms with van der Waals surface area (Å²) in [4.78, 5) is 8.89. The van der Waals surface area contributed by atoms with Crippen molar-refractivity contribution in [1.29, 1.82) is 0 Å². The van der Waals surface area contributed by atoms with Gasteiger partial charge in [-0.25, -0.2) is 5.10 Å². The van der Waals surface area contributed by atoms with E-state index >= 15 is 0 Å². The third-order valence-corrected chi connectivity index (χ3v) is 6.29. The number of rotatable bonds is 8. The third kappa shape index (κ3) is 5.36. The largest absolute Gasteiger partial charge is 0.394 e. The maximum atomic E-state index is 10.3. The molecule has 4 N–H and O–H groups in total. The van der Waals surface area contributed by atoms with E-state index in [1.807, 2.05) is 30.3 Å². The van der Waals surface area contributed by atoms with Crippen LogP contribution in [0, 0.1) is 0 Å². The monoisotopic (exact) mass is 440 g/mol. The number of nitrogens with zero attached hydrogens (tertiary/aromatic N) is 4. The Balaban J connectivity index is 1.49. The van der Waals surface area contributed by atoms with Gasteiger partial charge in [-0.1, -0.05) is 54.1 Å². The first kappa shape index (κ1) is 21.6. The number of nitrogen functional groups attached to an aromatic ring is 1. The van der Waals surface area contributed by atoms with Crippen LogP contribution in [0.2, 0.25) is 5.02 Å². The number of hydrogen-bond acceptors (Lipinski definition) is 6. The lowest BCUT2D eigenvalue weighted by Crippen LogP contribution is -2.48. The maximum absolute atomic E-state index is 10.3. The van der Waals surface area contributed by atoms with Gasteiger partial charge in [0.25, 0.3) is 0 Å². The number of aliphatic hydroxyl groups excluding tert-OH is 1. The number of anilines is 2. The summed E-state index contributed by atoms with van der Waals surface area (Å²) in [5.74, 6) is 0.997. The highest BCUT2D eigenvalue weighted by atomic mass is 35.5. The summed E-state index contributed by atoms with van der Waals surface area (Å²) in [6.07, 6.45) is 2.84. The second-order valence-corrected chi connectivity index (χ2v) is 8.40. The molecule has 4 rings (SSSR count). The zero-order valence-electron chi connectivity index (χ0n) is 17.5. The molecule has 2 aromatic carbocycles. The van der Waals surface area contributed by atoms with Gasteiger partial charge in [0, 0.05) is 30.7 Å². The van der Waals surface area contributed by atoms with E-state index in [9.17, 15) is 5.11 Å². The summed E-state index contributed by atoms with van der Waals surface area (Å²) < 4.78 is 0. The Hall–Kier alpha value is -2.61. The average molecular weight is 441 g/mol. The topological polar surface area (TPSA) is 94.3 Å². The summed E-state index contributed by atoms with van der Waals surface area (Å²) in [6.45, 7) is 2.65. The van der Waals surface area contributed by atoms with Crippen LogP contribution in [0.25, 0.3) is 0 Å². The number of halogens is 1. The Morgan fingerprint density at radius 1 is 1.13 bits per heavy atom. The second kappa shape index (κ2) is 10.1. The van der Waals surface area contributed by atoms with Crippen molar-refractivity contribution in [2.45, 2.75) is 31.3 Å². The summed E-state index contributed by atoms with van der Waals surface area (Å²) in [5.41, 5.74) is 8.07. The van der Waals surface area contributed by atoms with E-state index < -0.39 is 0 Å². The van der Waals surface area contributed by atoms with Crippen LogP contribution in [0.5, 0.6) is 0 Å². The lowest BCUT2D eigenvalue weighted by Gasteiger charge is -2.42. The highest BCUT2D eigenvalue weighted by Gasteiger charge is 2.31. The minimum atomic E-state index is -0.0378.